The van der Waals surface area contributed by atoms with Crippen LogP contribution in [0.25, 0.3) is 11.3 Å². The number of anilines is 1. The molecule has 0 saturated heterocycles. The number of ether oxygens (including phenoxy) is 2. The molecular formula is C21H23N3O4. The van der Waals surface area contributed by atoms with E-state index in [4.69, 9.17) is 14.1 Å². The predicted molar refractivity (Wildman–Crippen MR) is 106 cm³/mol. The van der Waals surface area contributed by atoms with Crippen molar-refractivity contribution in [2.24, 2.45) is 0 Å². The third-order valence-corrected chi connectivity index (χ3v) is 3.81. The minimum absolute atomic E-state index is 0.0909. The molecule has 146 valence electrons. The maximum atomic E-state index is 12.5. The standard InChI is InChI=1S/C21H23N3O4/c1-4-13-26-17-9-7-16(8-10-17)21(25)22-20-19(23-28-24-20)15-5-11-18(12-6-15)27-14(2)3/h5-12,14H,4,13H2,1-3H3,(H,22,24,25). The molecule has 0 aliphatic heterocycles. The normalized spacial score (nSPS) is 10.7. The SMILES string of the molecule is CCCOc1ccc(C(=O)Nc2nonc2-c2ccc(OC(C)C)cc2)cc1. The van der Waals surface area contributed by atoms with Crippen molar-refractivity contribution < 1.29 is 18.9 Å². The van der Waals surface area contributed by atoms with Crippen LogP contribution in [0.1, 0.15) is 37.6 Å². The van der Waals surface area contributed by atoms with E-state index in [1.807, 2.05) is 45.0 Å². The molecule has 1 heterocycles. The lowest BCUT2D eigenvalue weighted by molar-refractivity contribution is 0.102. The monoisotopic (exact) mass is 381 g/mol. The molecule has 0 radical (unpaired) electrons. The Labute approximate surface area is 163 Å². The Morgan fingerprint density at radius 2 is 1.71 bits per heavy atom. The Bertz CT molecular complexity index is 902. The molecule has 3 aromatic rings. The fourth-order valence-electron chi connectivity index (χ4n) is 2.53. The molecule has 28 heavy (non-hydrogen) atoms. The number of aromatic nitrogens is 2. The number of nitrogens with one attached hydrogen (secondary N) is 1. The number of amides is 1. The molecule has 1 amide bonds. The molecule has 0 spiro atoms. The zero-order chi connectivity index (χ0) is 19.9. The molecule has 0 aliphatic rings. The van der Waals surface area contributed by atoms with Crippen molar-refractivity contribution in [3.63, 3.8) is 0 Å². The van der Waals surface area contributed by atoms with E-state index in [1.165, 1.54) is 0 Å². The van der Waals surface area contributed by atoms with Gasteiger partial charge in [-0.3, -0.25) is 4.79 Å². The first-order valence-corrected chi connectivity index (χ1v) is 9.20. The van der Waals surface area contributed by atoms with E-state index in [1.54, 1.807) is 24.3 Å². The summed E-state index contributed by atoms with van der Waals surface area (Å²) in [4.78, 5) is 12.5. The second-order valence-corrected chi connectivity index (χ2v) is 6.48. The Balaban J connectivity index is 1.70. The number of carbonyl (C=O) groups is 1. The molecular weight excluding hydrogens is 358 g/mol. The van der Waals surface area contributed by atoms with Gasteiger partial charge in [0.1, 0.15) is 11.5 Å². The molecule has 3 rings (SSSR count). The van der Waals surface area contributed by atoms with Gasteiger partial charge >= 0.3 is 0 Å². The van der Waals surface area contributed by atoms with Gasteiger partial charge < -0.3 is 14.8 Å². The van der Waals surface area contributed by atoms with Crippen LogP contribution in [0.5, 0.6) is 11.5 Å². The molecule has 0 fully saturated rings. The van der Waals surface area contributed by atoms with Crippen LogP contribution in [-0.4, -0.2) is 28.9 Å². The quantitative estimate of drug-likeness (QED) is 0.615. The highest BCUT2D eigenvalue weighted by atomic mass is 16.6. The highest BCUT2D eigenvalue weighted by molar-refractivity contribution is 6.05. The van der Waals surface area contributed by atoms with Crippen LogP contribution in [0.4, 0.5) is 5.82 Å². The number of hydrogen-bond acceptors (Lipinski definition) is 6. The first kappa shape index (κ1) is 19.4. The summed E-state index contributed by atoms with van der Waals surface area (Å²) in [6.45, 7) is 6.61. The van der Waals surface area contributed by atoms with Crippen LogP contribution in [0.2, 0.25) is 0 Å². The summed E-state index contributed by atoms with van der Waals surface area (Å²) >= 11 is 0. The highest BCUT2D eigenvalue weighted by Crippen LogP contribution is 2.27. The van der Waals surface area contributed by atoms with Gasteiger partial charge in [0.05, 0.1) is 12.7 Å². The smallest absolute Gasteiger partial charge is 0.256 e. The summed E-state index contributed by atoms with van der Waals surface area (Å²) in [6, 6.07) is 14.3. The van der Waals surface area contributed by atoms with Crippen LogP contribution < -0.4 is 14.8 Å². The summed E-state index contributed by atoms with van der Waals surface area (Å²) in [7, 11) is 0. The van der Waals surface area contributed by atoms with Crippen molar-refractivity contribution in [1.82, 2.24) is 10.3 Å². The zero-order valence-corrected chi connectivity index (χ0v) is 16.1. The van der Waals surface area contributed by atoms with Gasteiger partial charge in [0, 0.05) is 11.1 Å². The van der Waals surface area contributed by atoms with Gasteiger partial charge in [-0.2, -0.15) is 0 Å². The Morgan fingerprint density at radius 1 is 1.04 bits per heavy atom. The lowest BCUT2D eigenvalue weighted by atomic mass is 10.1. The second kappa shape index (κ2) is 9.03. The van der Waals surface area contributed by atoms with Gasteiger partial charge in [0.25, 0.3) is 5.91 Å². The van der Waals surface area contributed by atoms with Crippen LogP contribution in [0, 0.1) is 0 Å². The largest absolute Gasteiger partial charge is 0.494 e. The van der Waals surface area contributed by atoms with Gasteiger partial charge in [-0.1, -0.05) is 6.92 Å². The number of hydrogen-bond donors (Lipinski definition) is 1. The average Bonchev–Trinajstić information content (AvgIpc) is 3.15. The van der Waals surface area contributed by atoms with Gasteiger partial charge in [-0.15, -0.1) is 0 Å². The van der Waals surface area contributed by atoms with E-state index in [0.717, 1.165) is 23.5 Å². The van der Waals surface area contributed by atoms with Crippen LogP contribution in [-0.2, 0) is 0 Å². The first-order valence-electron chi connectivity index (χ1n) is 9.20. The topological polar surface area (TPSA) is 86.5 Å². The van der Waals surface area contributed by atoms with Crippen molar-refractivity contribution in [3.8, 4) is 22.8 Å². The lowest BCUT2D eigenvalue weighted by Crippen LogP contribution is -2.12. The Hall–Kier alpha value is -3.35. The Morgan fingerprint density at radius 3 is 2.36 bits per heavy atom. The zero-order valence-electron chi connectivity index (χ0n) is 16.1. The summed E-state index contributed by atoms with van der Waals surface area (Å²) in [5, 5.41) is 10.5. The minimum Gasteiger partial charge on any atom is -0.494 e. The predicted octanol–water partition coefficient (Wildman–Crippen LogP) is 4.56. The van der Waals surface area contributed by atoms with E-state index in [2.05, 4.69) is 15.6 Å². The fraction of sp³-hybridized carbons (Fsp3) is 0.286. The molecule has 7 nitrogen and oxygen atoms in total. The molecule has 0 saturated carbocycles. The number of nitrogens with zero attached hydrogens (tertiary/aromatic N) is 2. The lowest BCUT2D eigenvalue weighted by Gasteiger charge is -2.09. The van der Waals surface area contributed by atoms with Crippen molar-refractivity contribution in [2.75, 3.05) is 11.9 Å². The first-order chi connectivity index (χ1) is 13.6. The van der Waals surface area contributed by atoms with E-state index in [-0.39, 0.29) is 17.8 Å². The maximum Gasteiger partial charge on any atom is 0.256 e. The summed E-state index contributed by atoms with van der Waals surface area (Å²) in [6.07, 6.45) is 1.02. The molecule has 2 aromatic carbocycles. The molecule has 0 bridgehead atoms. The van der Waals surface area contributed by atoms with Gasteiger partial charge in [-0.25, -0.2) is 4.63 Å². The molecule has 1 aromatic heterocycles. The summed E-state index contributed by atoms with van der Waals surface area (Å²) in [5.41, 5.74) is 1.70. The van der Waals surface area contributed by atoms with Crippen molar-refractivity contribution >= 4 is 11.7 Å². The van der Waals surface area contributed by atoms with E-state index >= 15 is 0 Å². The van der Waals surface area contributed by atoms with Gasteiger partial charge in [0.2, 0.25) is 5.82 Å². The molecule has 7 heteroatoms. The van der Waals surface area contributed by atoms with Gasteiger partial charge in [0.15, 0.2) is 5.69 Å². The third kappa shape index (κ3) is 4.88. The van der Waals surface area contributed by atoms with Crippen LogP contribution in [0.3, 0.4) is 0 Å². The molecule has 1 N–H and O–H groups in total. The van der Waals surface area contributed by atoms with Crippen molar-refractivity contribution in [3.05, 3.63) is 54.1 Å². The second-order valence-electron chi connectivity index (χ2n) is 6.48. The Kier molecular flexibility index (Phi) is 6.26. The summed E-state index contributed by atoms with van der Waals surface area (Å²) in [5.74, 6) is 1.43. The van der Waals surface area contributed by atoms with Crippen LogP contribution in [0.15, 0.2) is 53.2 Å². The fourth-order valence-corrected chi connectivity index (χ4v) is 2.53. The van der Waals surface area contributed by atoms with Crippen molar-refractivity contribution in [1.29, 1.82) is 0 Å². The molecule has 0 unspecified atom stereocenters. The average molecular weight is 381 g/mol. The van der Waals surface area contributed by atoms with Gasteiger partial charge in [-0.05, 0) is 79.1 Å². The molecule has 0 atom stereocenters. The number of carbonyl (C=O) groups excluding carboxylic acids is 1. The minimum atomic E-state index is -0.307. The number of rotatable bonds is 8. The maximum absolute atomic E-state index is 12.5. The van der Waals surface area contributed by atoms with Crippen molar-refractivity contribution in [2.45, 2.75) is 33.3 Å². The highest BCUT2D eigenvalue weighted by Gasteiger charge is 2.16. The summed E-state index contributed by atoms with van der Waals surface area (Å²) < 4.78 is 16.0. The van der Waals surface area contributed by atoms with E-state index < -0.39 is 0 Å². The number of benzene rings is 2. The van der Waals surface area contributed by atoms with E-state index in [9.17, 15) is 4.79 Å². The van der Waals surface area contributed by atoms with Crippen LogP contribution >= 0.6 is 0 Å². The molecule has 0 aliphatic carbocycles. The third-order valence-electron chi connectivity index (χ3n) is 3.81. The van der Waals surface area contributed by atoms with E-state index in [0.29, 0.717) is 17.9 Å².